The zero-order chi connectivity index (χ0) is 41.3. The molecule has 1 aliphatic carbocycles. The lowest BCUT2D eigenvalue weighted by Crippen LogP contribution is -2.35. The first-order chi connectivity index (χ1) is 27.8. The number of ether oxygens (including phenoxy) is 8. The van der Waals surface area contributed by atoms with Gasteiger partial charge in [0, 0.05) is 25.4 Å². The minimum Gasteiger partial charge on any atom is -0.489 e. The molecular weight excluding hydrogens is 728 g/mol. The van der Waals surface area contributed by atoms with E-state index in [1.165, 1.54) is 97.7 Å². The van der Waals surface area contributed by atoms with E-state index in [2.05, 4.69) is 6.92 Å². The molecule has 11 nitrogen and oxygen atoms in total. The van der Waals surface area contributed by atoms with Crippen molar-refractivity contribution in [3.63, 3.8) is 0 Å². The van der Waals surface area contributed by atoms with Gasteiger partial charge in [0.15, 0.2) is 0 Å². The molecule has 2 unspecified atom stereocenters. The number of ketones is 2. The van der Waals surface area contributed by atoms with Crippen molar-refractivity contribution in [1.29, 1.82) is 0 Å². The Bertz CT molecular complexity index is 1180. The van der Waals surface area contributed by atoms with E-state index < -0.39 is 17.7 Å². The van der Waals surface area contributed by atoms with Crippen LogP contribution in [0.5, 0.6) is 0 Å². The Morgan fingerprint density at radius 1 is 0.561 bits per heavy atom. The number of methoxy groups -OCH3 is 4. The number of hydrogen-bond donors (Lipinski definition) is 1. The smallest absolute Gasteiger partial charge is 0.230 e. The molecule has 0 amide bonds. The van der Waals surface area contributed by atoms with Crippen molar-refractivity contribution in [1.82, 2.24) is 0 Å². The monoisotopic (exact) mass is 809 g/mol. The van der Waals surface area contributed by atoms with Crippen LogP contribution in [0.2, 0.25) is 0 Å². The van der Waals surface area contributed by atoms with Gasteiger partial charge < -0.3 is 43.0 Å². The number of Topliss-reactive ketones (excluding diaryl/α,β-unsaturated/α-hetero) is 2. The van der Waals surface area contributed by atoms with Crippen molar-refractivity contribution in [2.45, 2.75) is 217 Å². The Balaban J connectivity index is 1.27. The van der Waals surface area contributed by atoms with Gasteiger partial charge in [-0.05, 0) is 51.9 Å². The highest BCUT2D eigenvalue weighted by Gasteiger charge is 2.42. The Labute approximate surface area is 345 Å². The third kappa shape index (κ3) is 17.0. The van der Waals surface area contributed by atoms with E-state index >= 15 is 0 Å². The van der Waals surface area contributed by atoms with Crippen molar-refractivity contribution in [2.75, 3.05) is 42.0 Å². The summed E-state index contributed by atoms with van der Waals surface area (Å²) in [5.74, 6) is -1.12. The summed E-state index contributed by atoms with van der Waals surface area (Å²) in [4.78, 5) is 25.5. The molecule has 0 bridgehead atoms. The average molecular weight is 809 g/mol. The molecule has 0 aromatic heterocycles. The summed E-state index contributed by atoms with van der Waals surface area (Å²) in [6, 6.07) is 0. The number of aliphatic hydroxyl groups is 1. The maximum absolute atomic E-state index is 12.9. The Hall–Kier alpha value is -1.86. The summed E-state index contributed by atoms with van der Waals surface area (Å²) in [5, 5.41) is 10.8. The lowest BCUT2D eigenvalue weighted by Gasteiger charge is -2.27. The van der Waals surface area contributed by atoms with Gasteiger partial charge in [0.2, 0.25) is 23.1 Å². The fraction of sp³-hybridized carbons (Fsp3) is 0.870. The minimum atomic E-state index is -0.991. The Kier molecular flexibility index (Phi) is 25.5. The van der Waals surface area contributed by atoms with Crippen molar-refractivity contribution in [3.8, 4) is 0 Å². The van der Waals surface area contributed by atoms with Crippen LogP contribution in [-0.4, -0.2) is 101 Å². The molecule has 2 heterocycles. The summed E-state index contributed by atoms with van der Waals surface area (Å²) in [7, 11) is 6.03. The number of rotatable bonds is 34. The largest absolute Gasteiger partial charge is 0.489 e. The number of unbranched alkanes of at least 4 members (excludes halogenated alkanes) is 16. The third-order valence-corrected chi connectivity index (χ3v) is 12.1. The van der Waals surface area contributed by atoms with Gasteiger partial charge in [-0.25, -0.2) is 0 Å². The van der Waals surface area contributed by atoms with Crippen molar-refractivity contribution in [2.24, 2.45) is 0 Å². The first-order valence-electron chi connectivity index (χ1n) is 22.6. The number of carbonyl (C=O) groups is 2. The molecule has 3 aliphatic rings. The molecule has 2 fully saturated rings. The van der Waals surface area contributed by atoms with Crippen LogP contribution in [0.4, 0.5) is 0 Å². The normalized spacial score (nSPS) is 23.1. The van der Waals surface area contributed by atoms with Crippen LogP contribution in [0.15, 0.2) is 22.7 Å². The molecule has 2 saturated heterocycles. The molecule has 2 aliphatic heterocycles. The first kappa shape index (κ1) is 49.5. The fourth-order valence-corrected chi connectivity index (χ4v) is 8.82. The number of hydrogen-bond acceptors (Lipinski definition) is 11. The van der Waals surface area contributed by atoms with Gasteiger partial charge in [-0.2, -0.15) is 0 Å². The quantitative estimate of drug-likeness (QED) is 0.0379. The molecule has 0 spiro atoms. The van der Waals surface area contributed by atoms with E-state index in [1.54, 1.807) is 21.1 Å². The number of aliphatic hydroxyl groups excluding tert-OH is 1. The van der Waals surface area contributed by atoms with E-state index in [4.69, 9.17) is 37.9 Å². The topological polar surface area (TPSA) is 128 Å². The summed E-state index contributed by atoms with van der Waals surface area (Å²) >= 11 is 0. The highest BCUT2D eigenvalue weighted by molar-refractivity contribution is 6.23. The molecule has 0 radical (unpaired) electrons. The molecule has 11 heteroatoms. The molecule has 1 N–H and O–H groups in total. The van der Waals surface area contributed by atoms with Crippen LogP contribution >= 0.6 is 0 Å². The summed E-state index contributed by atoms with van der Waals surface area (Å²) in [6.45, 7) is 4.42. The lowest BCUT2D eigenvalue weighted by atomic mass is 9.87. The van der Waals surface area contributed by atoms with Crippen LogP contribution in [-0.2, 0) is 47.5 Å². The number of allylic oxidation sites excluding steroid dienone is 2. The van der Waals surface area contributed by atoms with Crippen LogP contribution < -0.4 is 0 Å². The van der Waals surface area contributed by atoms with Crippen LogP contribution in [0, 0.1) is 0 Å². The highest BCUT2D eigenvalue weighted by atomic mass is 16.7. The van der Waals surface area contributed by atoms with Gasteiger partial charge in [-0.15, -0.1) is 0 Å². The summed E-state index contributed by atoms with van der Waals surface area (Å²) in [5.41, 5.74) is 0.359. The van der Waals surface area contributed by atoms with Crippen LogP contribution in [0.3, 0.4) is 0 Å². The second kappa shape index (κ2) is 29.4. The predicted octanol–water partition coefficient (Wildman–Crippen LogP) is 9.61. The van der Waals surface area contributed by atoms with Gasteiger partial charge in [0.25, 0.3) is 0 Å². The SMILES string of the molecule is CCCCCCCCCC[C@H](OCOC)[C@@H]1CC[C@@H]([C@@H]2CC[C@@H](C(CCCCCCCCCCCCC(O)C3=C(C)C(=O)C(OC)=C(OC)C3=O)OCOC)O2)O1. The van der Waals surface area contributed by atoms with E-state index in [0.717, 1.165) is 70.6 Å². The van der Waals surface area contributed by atoms with E-state index in [1.807, 2.05) is 0 Å². The number of carbonyl (C=O) groups excluding carboxylic acids is 2. The Morgan fingerprint density at radius 2 is 0.947 bits per heavy atom. The molecule has 330 valence electrons. The van der Waals surface area contributed by atoms with E-state index in [-0.39, 0.29) is 66.1 Å². The molecule has 7 atom stereocenters. The summed E-state index contributed by atoms with van der Waals surface area (Å²) < 4.78 is 46.4. The maximum atomic E-state index is 12.9. The maximum Gasteiger partial charge on any atom is 0.230 e. The van der Waals surface area contributed by atoms with Crippen LogP contribution in [0.25, 0.3) is 0 Å². The van der Waals surface area contributed by atoms with Crippen molar-refractivity contribution >= 4 is 11.6 Å². The predicted molar refractivity (Wildman–Crippen MR) is 222 cm³/mol. The second-order valence-corrected chi connectivity index (χ2v) is 16.5. The van der Waals surface area contributed by atoms with Gasteiger partial charge in [-0.3, -0.25) is 9.59 Å². The van der Waals surface area contributed by atoms with Gasteiger partial charge in [-0.1, -0.05) is 122 Å². The zero-order valence-electron chi connectivity index (χ0n) is 36.7. The third-order valence-electron chi connectivity index (χ3n) is 12.1. The zero-order valence-corrected chi connectivity index (χ0v) is 36.7. The summed E-state index contributed by atoms with van der Waals surface area (Å²) in [6.07, 6.45) is 27.5. The van der Waals surface area contributed by atoms with E-state index in [9.17, 15) is 14.7 Å². The van der Waals surface area contributed by atoms with E-state index in [0.29, 0.717) is 13.2 Å². The highest BCUT2D eigenvalue weighted by Crippen LogP contribution is 2.36. The molecule has 0 saturated carbocycles. The minimum absolute atomic E-state index is 0.0312. The molecule has 0 aromatic carbocycles. The van der Waals surface area contributed by atoms with Gasteiger partial charge in [0.05, 0.1) is 56.9 Å². The lowest BCUT2D eigenvalue weighted by molar-refractivity contribution is -0.158. The van der Waals surface area contributed by atoms with Crippen LogP contribution in [0.1, 0.15) is 174 Å². The second-order valence-electron chi connectivity index (χ2n) is 16.5. The van der Waals surface area contributed by atoms with Crippen molar-refractivity contribution in [3.05, 3.63) is 22.7 Å². The molecule has 3 rings (SSSR count). The standard InChI is InChI=1S/C46H80O11/c1-7-8-9-10-11-17-20-23-26-36(54-32-50-3)38-28-30-40(56-38)41-31-29-39(57-41)37(55-33-51-4)27-24-21-18-15-13-12-14-16-19-22-25-35(47)42-34(2)43(48)45(52-5)46(53-6)44(42)49/h35-41,47H,7-33H2,1-6H3/t35?,36-,37?,38-,39-,40-,41-/m0/s1. The Morgan fingerprint density at radius 3 is 1.35 bits per heavy atom. The molecule has 0 aromatic rings. The first-order valence-corrected chi connectivity index (χ1v) is 22.6. The van der Waals surface area contributed by atoms with Gasteiger partial charge >= 0.3 is 0 Å². The fourth-order valence-electron chi connectivity index (χ4n) is 8.82. The van der Waals surface area contributed by atoms with Crippen molar-refractivity contribution < 1.29 is 52.6 Å². The van der Waals surface area contributed by atoms with Gasteiger partial charge in [0.1, 0.15) is 13.6 Å². The average Bonchev–Trinajstić information content (AvgIpc) is 3.91. The molecule has 57 heavy (non-hydrogen) atoms. The molecular formula is C46H80O11.